The first-order valence-electron chi connectivity index (χ1n) is 7.15. The molecule has 1 aromatic carbocycles. The van der Waals surface area contributed by atoms with Crippen molar-refractivity contribution >= 4 is 11.8 Å². The van der Waals surface area contributed by atoms with E-state index in [0.29, 0.717) is 30.5 Å². The Balaban J connectivity index is 1.80. The highest BCUT2D eigenvalue weighted by Gasteiger charge is 2.08. The standard InChI is InChI=1S/C16H19N3O4/c1-11(10-23-14-6-4-3-5-13(14)22-2)7-18-15-9-17-12(8-19-15)16(20)21/h3-6,8-9,11H,7,10H2,1-2H3,(H,18,19)(H,20,21). The maximum atomic E-state index is 10.7. The van der Waals surface area contributed by atoms with Gasteiger partial charge in [-0.25, -0.2) is 14.8 Å². The lowest BCUT2D eigenvalue weighted by Crippen LogP contribution is -2.19. The number of nitrogens with one attached hydrogen (secondary N) is 1. The number of carboxylic acid groups (broad SMARTS) is 1. The van der Waals surface area contributed by atoms with Gasteiger partial charge in [0.15, 0.2) is 17.2 Å². The second-order valence-corrected chi connectivity index (χ2v) is 5.04. The Kier molecular flexibility index (Phi) is 5.74. The van der Waals surface area contributed by atoms with Gasteiger partial charge in [-0.1, -0.05) is 19.1 Å². The molecule has 1 heterocycles. The van der Waals surface area contributed by atoms with Gasteiger partial charge in [0.1, 0.15) is 5.82 Å². The van der Waals surface area contributed by atoms with E-state index >= 15 is 0 Å². The van der Waals surface area contributed by atoms with E-state index in [2.05, 4.69) is 15.3 Å². The molecule has 2 rings (SSSR count). The van der Waals surface area contributed by atoms with Crippen molar-refractivity contribution in [3.63, 3.8) is 0 Å². The summed E-state index contributed by atoms with van der Waals surface area (Å²) in [5.74, 6) is 1.04. The molecule has 0 radical (unpaired) electrons. The van der Waals surface area contributed by atoms with Crippen LogP contribution in [0.25, 0.3) is 0 Å². The number of ether oxygens (including phenoxy) is 2. The average molecular weight is 317 g/mol. The van der Waals surface area contributed by atoms with Crippen LogP contribution in [-0.2, 0) is 0 Å². The molecule has 0 saturated heterocycles. The van der Waals surface area contributed by atoms with Crippen molar-refractivity contribution in [3.8, 4) is 11.5 Å². The zero-order valence-corrected chi connectivity index (χ0v) is 13.0. The van der Waals surface area contributed by atoms with Gasteiger partial charge in [0.25, 0.3) is 0 Å². The van der Waals surface area contributed by atoms with Gasteiger partial charge in [-0.05, 0) is 12.1 Å². The van der Waals surface area contributed by atoms with Gasteiger partial charge < -0.3 is 19.9 Å². The van der Waals surface area contributed by atoms with Gasteiger partial charge >= 0.3 is 5.97 Å². The molecule has 122 valence electrons. The minimum Gasteiger partial charge on any atom is -0.493 e. The molecule has 1 unspecified atom stereocenters. The van der Waals surface area contributed by atoms with Crippen LogP contribution in [0.15, 0.2) is 36.7 Å². The van der Waals surface area contributed by atoms with Crippen LogP contribution < -0.4 is 14.8 Å². The van der Waals surface area contributed by atoms with E-state index in [9.17, 15) is 4.79 Å². The number of anilines is 1. The minimum atomic E-state index is -1.09. The molecule has 2 aromatic rings. The van der Waals surface area contributed by atoms with Gasteiger partial charge in [-0.3, -0.25) is 0 Å². The quantitative estimate of drug-likeness (QED) is 0.771. The lowest BCUT2D eigenvalue weighted by molar-refractivity contribution is 0.0690. The van der Waals surface area contributed by atoms with Crippen LogP contribution in [0.5, 0.6) is 11.5 Å². The molecule has 7 nitrogen and oxygen atoms in total. The number of carbonyl (C=O) groups is 1. The fourth-order valence-electron chi connectivity index (χ4n) is 1.84. The number of carboxylic acids is 1. The number of methoxy groups -OCH3 is 1. The molecule has 0 aliphatic carbocycles. The molecule has 1 atom stereocenters. The molecule has 1 aromatic heterocycles. The molecule has 7 heteroatoms. The summed E-state index contributed by atoms with van der Waals surface area (Å²) in [6, 6.07) is 7.48. The number of hydrogen-bond acceptors (Lipinski definition) is 6. The molecule has 0 saturated carbocycles. The van der Waals surface area contributed by atoms with Crippen molar-refractivity contribution in [2.75, 3.05) is 25.6 Å². The largest absolute Gasteiger partial charge is 0.493 e. The van der Waals surface area contributed by atoms with Crippen molar-refractivity contribution in [1.29, 1.82) is 0 Å². The van der Waals surface area contributed by atoms with E-state index in [1.807, 2.05) is 31.2 Å². The summed E-state index contributed by atoms with van der Waals surface area (Å²) < 4.78 is 11.0. The van der Waals surface area contributed by atoms with Crippen LogP contribution >= 0.6 is 0 Å². The molecular weight excluding hydrogens is 298 g/mol. The van der Waals surface area contributed by atoms with Crippen molar-refractivity contribution in [3.05, 3.63) is 42.4 Å². The summed E-state index contributed by atoms with van der Waals surface area (Å²) in [7, 11) is 1.60. The molecule has 0 bridgehead atoms. The number of para-hydroxylation sites is 2. The molecule has 23 heavy (non-hydrogen) atoms. The summed E-state index contributed by atoms with van der Waals surface area (Å²) in [5.41, 5.74) is -0.0805. The second-order valence-electron chi connectivity index (χ2n) is 5.04. The number of benzene rings is 1. The first-order chi connectivity index (χ1) is 11.1. The molecule has 0 aliphatic rings. The monoisotopic (exact) mass is 317 g/mol. The molecule has 0 amide bonds. The first-order valence-corrected chi connectivity index (χ1v) is 7.15. The van der Waals surface area contributed by atoms with E-state index in [4.69, 9.17) is 14.6 Å². The number of aromatic carboxylic acids is 1. The zero-order valence-electron chi connectivity index (χ0n) is 13.0. The Hall–Kier alpha value is -2.83. The first kappa shape index (κ1) is 16.5. The highest BCUT2D eigenvalue weighted by atomic mass is 16.5. The Labute approximate surface area is 134 Å². The van der Waals surface area contributed by atoms with Crippen LogP contribution in [0.1, 0.15) is 17.4 Å². The highest BCUT2D eigenvalue weighted by molar-refractivity contribution is 5.84. The van der Waals surface area contributed by atoms with E-state index < -0.39 is 5.97 Å². The summed E-state index contributed by atoms with van der Waals surface area (Å²) >= 11 is 0. The number of nitrogens with zero attached hydrogens (tertiary/aromatic N) is 2. The van der Waals surface area contributed by atoms with Gasteiger partial charge in [0.2, 0.25) is 0 Å². The Morgan fingerprint density at radius 3 is 2.61 bits per heavy atom. The third-order valence-electron chi connectivity index (χ3n) is 3.10. The number of rotatable bonds is 8. The molecular formula is C16H19N3O4. The third kappa shape index (κ3) is 4.84. The molecule has 0 aliphatic heterocycles. The van der Waals surface area contributed by atoms with E-state index in [1.165, 1.54) is 12.4 Å². The summed E-state index contributed by atoms with van der Waals surface area (Å²) in [6.07, 6.45) is 2.62. The van der Waals surface area contributed by atoms with Crippen LogP contribution in [0, 0.1) is 5.92 Å². The average Bonchev–Trinajstić information content (AvgIpc) is 2.58. The van der Waals surface area contributed by atoms with Crippen LogP contribution in [0.3, 0.4) is 0 Å². The third-order valence-corrected chi connectivity index (χ3v) is 3.10. The van der Waals surface area contributed by atoms with E-state index in [-0.39, 0.29) is 11.6 Å². The van der Waals surface area contributed by atoms with Gasteiger partial charge in [-0.15, -0.1) is 0 Å². The fraction of sp³-hybridized carbons (Fsp3) is 0.312. The number of hydrogen-bond donors (Lipinski definition) is 2. The van der Waals surface area contributed by atoms with Crippen molar-refractivity contribution in [2.24, 2.45) is 5.92 Å². The maximum Gasteiger partial charge on any atom is 0.356 e. The molecule has 0 spiro atoms. The Morgan fingerprint density at radius 1 is 1.26 bits per heavy atom. The normalized spacial score (nSPS) is 11.6. The fourth-order valence-corrected chi connectivity index (χ4v) is 1.84. The SMILES string of the molecule is COc1ccccc1OCC(C)CNc1cnc(C(=O)O)cn1. The Morgan fingerprint density at radius 2 is 2.00 bits per heavy atom. The Bertz CT molecular complexity index is 646. The number of aromatic nitrogens is 2. The van der Waals surface area contributed by atoms with E-state index in [0.717, 1.165) is 0 Å². The molecule has 2 N–H and O–H groups in total. The minimum absolute atomic E-state index is 0.0805. The predicted octanol–water partition coefficient (Wildman–Crippen LogP) is 2.31. The lowest BCUT2D eigenvalue weighted by atomic mass is 10.2. The van der Waals surface area contributed by atoms with Crippen molar-refractivity contribution in [1.82, 2.24) is 9.97 Å². The lowest BCUT2D eigenvalue weighted by Gasteiger charge is -2.15. The van der Waals surface area contributed by atoms with Crippen LogP contribution in [0.2, 0.25) is 0 Å². The summed E-state index contributed by atoms with van der Waals surface area (Å²) in [5, 5.41) is 11.9. The van der Waals surface area contributed by atoms with Gasteiger partial charge in [-0.2, -0.15) is 0 Å². The molecule has 0 fully saturated rings. The summed E-state index contributed by atoms with van der Waals surface area (Å²) in [4.78, 5) is 18.5. The van der Waals surface area contributed by atoms with Crippen LogP contribution in [-0.4, -0.2) is 41.3 Å². The van der Waals surface area contributed by atoms with Crippen molar-refractivity contribution in [2.45, 2.75) is 6.92 Å². The van der Waals surface area contributed by atoms with Crippen molar-refractivity contribution < 1.29 is 19.4 Å². The summed E-state index contributed by atoms with van der Waals surface area (Å²) in [6.45, 7) is 3.16. The smallest absolute Gasteiger partial charge is 0.356 e. The predicted molar refractivity (Wildman–Crippen MR) is 85.1 cm³/mol. The zero-order chi connectivity index (χ0) is 16.7. The highest BCUT2D eigenvalue weighted by Crippen LogP contribution is 2.26. The topological polar surface area (TPSA) is 93.6 Å². The second kappa shape index (κ2) is 7.98. The maximum absolute atomic E-state index is 10.7. The van der Waals surface area contributed by atoms with Gasteiger partial charge in [0.05, 0.1) is 26.1 Å². The van der Waals surface area contributed by atoms with Gasteiger partial charge in [0, 0.05) is 12.5 Å². The van der Waals surface area contributed by atoms with Crippen LogP contribution in [0.4, 0.5) is 5.82 Å². The van der Waals surface area contributed by atoms with E-state index in [1.54, 1.807) is 7.11 Å².